The van der Waals surface area contributed by atoms with Crippen LogP contribution in [0, 0.1) is 11.8 Å². The van der Waals surface area contributed by atoms with Crippen molar-refractivity contribution in [3.8, 4) is 0 Å². The first-order valence-electron chi connectivity index (χ1n) is 5.67. The Kier molecular flexibility index (Phi) is 2.89. The van der Waals surface area contributed by atoms with Gasteiger partial charge >= 0.3 is 0 Å². The van der Waals surface area contributed by atoms with Crippen LogP contribution in [-0.4, -0.2) is 23.8 Å². The van der Waals surface area contributed by atoms with E-state index < -0.39 is 0 Å². The van der Waals surface area contributed by atoms with Crippen molar-refractivity contribution >= 4 is 0 Å². The predicted octanol–water partition coefficient (Wildman–Crippen LogP) is 1.54. The minimum absolute atomic E-state index is 0.00722. The van der Waals surface area contributed by atoms with E-state index in [1.54, 1.807) is 0 Å². The van der Waals surface area contributed by atoms with Crippen LogP contribution in [0.1, 0.15) is 39.0 Å². The lowest BCUT2D eigenvalue weighted by Crippen LogP contribution is -2.41. The highest BCUT2D eigenvalue weighted by Crippen LogP contribution is 2.28. The Balaban J connectivity index is 1.62. The molecule has 13 heavy (non-hydrogen) atoms. The predicted molar refractivity (Wildman–Crippen MR) is 53.5 cm³/mol. The van der Waals surface area contributed by atoms with Crippen molar-refractivity contribution in [2.75, 3.05) is 6.54 Å². The molecule has 76 valence electrons. The van der Waals surface area contributed by atoms with Crippen molar-refractivity contribution in [2.24, 2.45) is 11.8 Å². The maximum Gasteiger partial charge on any atom is 0.0546 e. The molecule has 0 bridgehead atoms. The Morgan fingerprint density at radius 3 is 2.62 bits per heavy atom. The van der Waals surface area contributed by atoms with Crippen LogP contribution in [0.4, 0.5) is 0 Å². The van der Waals surface area contributed by atoms with Gasteiger partial charge in [0.1, 0.15) is 0 Å². The molecule has 2 N–H and O–H groups in total. The minimum atomic E-state index is 0.00722. The molecule has 2 fully saturated rings. The maximum atomic E-state index is 9.13. The van der Waals surface area contributed by atoms with Gasteiger partial charge in [-0.1, -0.05) is 13.3 Å². The summed E-state index contributed by atoms with van der Waals surface area (Å²) in [5.74, 6) is 1.62. The molecule has 2 atom stereocenters. The van der Waals surface area contributed by atoms with Crippen molar-refractivity contribution < 1.29 is 5.11 Å². The van der Waals surface area contributed by atoms with Gasteiger partial charge in [-0.15, -0.1) is 0 Å². The Labute approximate surface area is 80.7 Å². The van der Waals surface area contributed by atoms with E-state index in [-0.39, 0.29) is 6.10 Å². The number of nitrogens with one attached hydrogen (secondary N) is 1. The van der Waals surface area contributed by atoms with Crippen LogP contribution in [-0.2, 0) is 0 Å². The Morgan fingerprint density at radius 1 is 1.31 bits per heavy atom. The van der Waals surface area contributed by atoms with Gasteiger partial charge in [0.05, 0.1) is 6.10 Å². The van der Waals surface area contributed by atoms with E-state index in [1.165, 1.54) is 19.3 Å². The van der Waals surface area contributed by atoms with Crippen LogP contribution in [0.5, 0.6) is 0 Å². The first-order chi connectivity index (χ1) is 6.25. The zero-order chi connectivity index (χ0) is 9.26. The molecule has 0 spiro atoms. The lowest BCUT2D eigenvalue weighted by Gasteiger charge is -2.33. The molecule has 2 rings (SSSR count). The summed E-state index contributed by atoms with van der Waals surface area (Å²) in [5.41, 5.74) is 0. The van der Waals surface area contributed by atoms with Crippen LogP contribution < -0.4 is 5.32 Å². The fourth-order valence-electron chi connectivity index (χ4n) is 2.63. The summed E-state index contributed by atoms with van der Waals surface area (Å²) in [5, 5.41) is 12.8. The van der Waals surface area contributed by atoms with Gasteiger partial charge in [0.15, 0.2) is 0 Å². The SMILES string of the molecule is CC1CCCC1NCC1CC(O)C1. The topological polar surface area (TPSA) is 32.3 Å². The van der Waals surface area contributed by atoms with Crippen LogP contribution in [0.15, 0.2) is 0 Å². The molecular formula is C11H21NO. The standard InChI is InChI=1S/C11H21NO/c1-8-3-2-4-11(8)12-7-9-5-10(13)6-9/h8-13H,2-7H2,1H3. The van der Waals surface area contributed by atoms with Crippen LogP contribution >= 0.6 is 0 Å². The van der Waals surface area contributed by atoms with Crippen molar-refractivity contribution in [3.05, 3.63) is 0 Å². The van der Waals surface area contributed by atoms with E-state index in [4.69, 9.17) is 5.11 Å². The molecule has 2 saturated carbocycles. The molecule has 0 heterocycles. The molecular weight excluding hydrogens is 162 g/mol. The first kappa shape index (κ1) is 9.47. The molecule has 2 aliphatic rings. The third-order valence-corrected chi connectivity index (χ3v) is 3.74. The number of aliphatic hydroxyl groups excluding tert-OH is 1. The molecule has 0 saturated heterocycles. The summed E-state index contributed by atoms with van der Waals surface area (Å²) >= 11 is 0. The molecule has 2 nitrogen and oxygen atoms in total. The van der Waals surface area contributed by atoms with Gasteiger partial charge in [-0.3, -0.25) is 0 Å². The van der Waals surface area contributed by atoms with Gasteiger partial charge in [-0.2, -0.15) is 0 Å². The van der Waals surface area contributed by atoms with Gasteiger partial charge in [0.25, 0.3) is 0 Å². The average molecular weight is 183 g/mol. The van der Waals surface area contributed by atoms with E-state index in [0.717, 1.165) is 37.3 Å². The highest BCUT2D eigenvalue weighted by molar-refractivity contribution is 4.85. The largest absolute Gasteiger partial charge is 0.393 e. The van der Waals surface area contributed by atoms with Gasteiger partial charge in [-0.25, -0.2) is 0 Å². The van der Waals surface area contributed by atoms with E-state index in [2.05, 4.69) is 12.2 Å². The third-order valence-electron chi connectivity index (χ3n) is 3.74. The lowest BCUT2D eigenvalue weighted by atomic mass is 9.82. The summed E-state index contributed by atoms with van der Waals surface area (Å²) in [6.45, 7) is 3.48. The third kappa shape index (κ3) is 2.23. The van der Waals surface area contributed by atoms with E-state index in [0.29, 0.717) is 0 Å². The molecule has 0 aromatic carbocycles. The zero-order valence-corrected chi connectivity index (χ0v) is 8.50. The highest BCUT2D eigenvalue weighted by Gasteiger charge is 2.29. The summed E-state index contributed by atoms with van der Waals surface area (Å²) in [4.78, 5) is 0. The fourth-order valence-corrected chi connectivity index (χ4v) is 2.63. The second-order valence-corrected chi connectivity index (χ2v) is 4.91. The molecule has 2 aliphatic carbocycles. The zero-order valence-electron chi connectivity index (χ0n) is 8.50. The second kappa shape index (κ2) is 3.97. The van der Waals surface area contributed by atoms with E-state index in [9.17, 15) is 0 Å². The fraction of sp³-hybridized carbons (Fsp3) is 1.00. The lowest BCUT2D eigenvalue weighted by molar-refractivity contribution is 0.0414. The summed E-state index contributed by atoms with van der Waals surface area (Å²) < 4.78 is 0. The van der Waals surface area contributed by atoms with Gasteiger partial charge in [-0.05, 0) is 44.1 Å². The smallest absolute Gasteiger partial charge is 0.0546 e. The van der Waals surface area contributed by atoms with Crippen LogP contribution in [0.3, 0.4) is 0 Å². The minimum Gasteiger partial charge on any atom is -0.393 e. The molecule has 0 aromatic heterocycles. The summed E-state index contributed by atoms with van der Waals surface area (Å²) in [7, 11) is 0. The quantitative estimate of drug-likeness (QED) is 0.695. The maximum absolute atomic E-state index is 9.13. The highest BCUT2D eigenvalue weighted by atomic mass is 16.3. The molecule has 0 aliphatic heterocycles. The monoisotopic (exact) mass is 183 g/mol. The molecule has 2 heteroatoms. The van der Waals surface area contributed by atoms with Crippen LogP contribution in [0.25, 0.3) is 0 Å². The van der Waals surface area contributed by atoms with E-state index >= 15 is 0 Å². The Morgan fingerprint density at radius 2 is 2.08 bits per heavy atom. The normalized spacial score (nSPS) is 44.8. The van der Waals surface area contributed by atoms with Gasteiger partial charge in [0.2, 0.25) is 0 Å². The number of rotatable bonds is 3. The van der Waals surface area contributed by atoms with Gasteiger partial charge in [0, 0.05) is 6.04 Å². The van der Waals surface area contributed by atoms with Crippen molar-refractivity contribution in [2.45, 2.75) is 51.2 Å². The number of hydrogen-bond acceptors (Lipinski definition) is 2. The second-order valence-electron chi connectivity index (χ2n) is 4.91. The number of aliphatic hydroxyl groups is 1. The van der Waals surface area contributed by atoms with E-state index in [1.807, 2.05) is 0 Å². The Bertz CT molecular complexity index is 165. The molecule has 0 radical (unpaired) electrons. The summed E-state index contributed by atoms with van der Waals surface area (Å²) in [6, 6.07) is 0.762. The van der Waals surface area contributed by atoms with Gasteiger partial charge < -0.3 is 10.4 Å². The number of hydrogen-bond donors (Lipinski definition) is 2. The first-order valence-corrected chi connectivity index (χ1v) is 5.67. The van der Waals surface area contributed by atoms with Crippen LogP contribution in [0.2, 0.25) is 0 Å². The van der Waals surface area contributed by atoms with Crippen molar-refractivity contribution in [3.63, 3.8) is 0 Å². The Hall–Kier alpha value is -0.0800. The van der Waals surface area contributed by atoms with Crippen molar-refractivity contribution in [1.29, 1.82) is 0 Å². The molecule has 0 aromatic rings. The average Bonchev–Trinajstić information content (AvgIpc) is 2.43. The summed E-state index contributed by atoms with van der Waals surface area (Å²) in [6.07, 6.45) is 6.20. The molecule has 2 unspecified atom stereocenters. The molecule has 0 amide bonds. The van der Waals surface area contributed by atoms with Crippen molar-refractivity contribution in [1.82, 2.24) is 5.32 Å².